The van der Waals surface area contributed by atoms with Crippen molar-refractivity contribution in [3.05, 3.63) is 30.3 Å². The third-order valence-corrected chi connectivity index (χ3v) is 5.31. The molecular formula is C9H11Zn. The van der Waals surface area contributed by atoms with E-state index in [1.165, 1.54) is 6.42 Å². The second kappa shape index (κ2) is 4.52. The number of hydrogen-bond donors (Lipinski definition) is 0. The summed E-state index contributed by atoms with van der Waals surface area (Å²) in [6, 6.07) is 10.8. The van der Waals surface area contributed by atoms with Crippen LogP contribution in [0.25, 0.3) is 0 Å². The van der Waals surface area contributed by atoms with Gasteiger partial charge in [0.05, 0.1) is 0 Å². The fourth-order valence-corrected chi connectivity index (χ4v) is 3.37. The summed E-state index contributed by atoms with van der Waals surface area (Å²) in [7, 11) is 0. The van der Waals surface area contributed by atoms with Crippen LogP contribution in [0, 0.1) is 0 Å². The molecule has 0 amide bonds. The zero-order valence-corrected chi connectivity index (χ0v) is 9.35. The summed E-state index contributed by atoms with van der Waals surface area (Å²) in [6.07, 6.45) is 1.24. The van der Waals surface area contributed by atoms with Crippen molar-refractivity contribution in [2.24, 2.45) is 0 Å². The van der Waals surface area contributed by atoms with Crippen LogP contribution in [0.4, 0.5) is 0 Å². The average Bonchev–Trinajstić information content (AvgIpc) is 2.03. The van der Waals surface area contributed by atoms with Crippen LogP contribution in [0.1, 0.15) is 13.3 Å². The molecule has 1 aromatic rings. The van der Waals surface area contributed by atoms with Crippen LogP contribution in [0.15, 0.2) is 30.3 Å². The quantitative estimate of drug-likeness (QED) is 0.613. The van der Waals surface area contributed by atoms with Crippen LogP contribution in [-0.2, 0) is 16.7 Å². The molecule has 0 fully saturated rings. The molecule has 1 heteroatoms. The van der Waals surface area contributed by atoms with Crippen LogP contribution in [0.3, 0.4) is 0 Å². The summed E-state index contributed by atoms with van der Waals surface area (Å²) in [5.74, 6) is 0. The average molecular weight is 185 g/mol. The Balaban J connectivity index is 2.67. The molecule has 0 aliphatic rings. The molecule has 1 rings (SSSR count). The summed E-state index contributed by atoms with van der Waals surface area (Å²) in [5.41, 5.74) is 0. The molecule has 49 valence electrons. The van der Waals surface area contributed by atoms with Gasteiger partial charge in [0, 0.05) is 0 Å². The van der Waals surface area contributed by atoms with E-state index < -0.39 is 16.7 Å². The van der Waals surface area contributed by atoms with Crippen LogP contribution in [0.5, 0.6) is 0 Å². The number of rotatable bonds is 2. The van der Waals surface area contributed by atoms with Gasteiger partial charge >= 0.3 is 69.1 Å². The van der Waals surface area contributed by atoms with Gasteiger partial charge in [0.2, 0.25) is 0 Å². The summed E-state index contributed by atoms with van der Waals surface area (Å²) >= 11 is -0.437. The van der Waals surface area contributed by atoms with Crippen molar-refractivity contribution in [3.8, 4) is 0 Å². The maximum atomic E-state index is 2.47. The number of benzene rings is 1. The third-order valence-electron chi connectivity index (χ3n) is 1.51. The first-order chi connectivity index (χ1) is 4.93. The molecule has 10 heavy (non-hydrogen) atoms. The van der Waals surface area contributed by atoms with E-state index in [4.69, 9.17) is 0 Å². The van der Waals surface area contributed by atoms with Gasteiger partial charge in [-0.3, -0.25) is 0 Å². The van der Waals surface area contributed by atoms with Crippen molar-refractivity contribution in [1.29, 1.82) is 0 Å². The van der Waals surface area contributed by atoms with Crippen molar-refractivity contribution >= 4 is 8.77 Å². The van der Waals surface area contributed by atoms with E-state index >= 15 is 0 Å². The number of hydrogen-bond acceptors (Lipinski definition) is 0. The van der Waals surface area contributed by atoms with Gasteiger partial charge in [0.25, 0.3) is 0 Å². The topological polar surface area (TPSA) is 0 Å². The Morgan fingerprint density at radius 2 is 2.00 bits per heavy atom. The van der Waals surface area contributed by atoms with Crippen molar-refractivity contribution in [3.63, 3.8) is 0 Å². The zero-order chi connectivity index (χ0) is 7.23. The zero-order valence-electron chi connectivity index (χ0n) is 6.38. The Hall–Kier alpha value is -0.287. The third kappa shape index (κ3) is 2.53. The predicted octanol–water partition coefficient (Wildman–Crippen LogP) is 1.61. The molecule has 0 unspecified atom stereocenters. The second-order valence-corrected chi connectivity index (χ2v) is 6.17. The van der Waals surface area contributed by atoms with E-state index in [1.807, 2.05) is 0 Å². The first-order valence-electron chi connectivity index (χ1n) is 3.79. The molecule has 0 spiro atoms. The first-order valence-corrected chi connectivity index (χ1v) is 6.98. The van der Waals surface area contributed by atoms with E-state index in [1.54, 1.807) is 4.16 Å². The van der Waals surface area contributed by atoms with Crippen LogP contribution < -0.4 is 4.16 Å². The monoisotopic (exact) mass is 183 g/mol. The fraction of sp³-hybridized carbons (Fsp3) is 0.222. The second-order valence-electron chi connectivity index (χ2n) is 2.39. The van der Waals surface area contributed by atoms with Gasteiger partial charge in [0.1, 0.15) is 0 Å². The Bertz CT molecular complexity index is 201. The van der Waals surface area contributed by atoms with Gasteiger partial charge in [-0.15, -0.1) is 0 Å². The Labute approximate surface area is 69.4 Å². The predicted molar refractivity (Wildman–Crippen MR) is 42.4 cm³/mol. The molecule has 0 atom stereocenters. The van der Waals surface area contributed by atoms with Gasteiger partial charge < -0.3 is 0 Å². The van der Waals surface area contributed by atoms with E-state index in [2.05, 4.69) is 41.9 Å². The molecule has 0 aliphatic carbocycles. The van der Waals surface area contributed by atoms with Gasteiger partial charge in [-0.1, -0.05) is 0 Å². The minimum absolute atomic E-state index is 0.437. The van der Waals surface area contributed by atoms with Crippen LogP contribution in [0.2, 0.25) is 0 Å². The van der Waals surface area contributed by atoms with Crippen molar-refractivity contribution in [2.45, 2.75) is 13.3 Å². The Morgan fingerprint density at radius 3 is 2.60 bits per heavy atom. The van der Waals surface area contributed by atoms with Gasteiger partial charge in [-0.05, 0) is 0 Å². The summed E-state index contributed by atoms with van der Waals surface area (Å²) in [6.45, 7) is 2.22. The van der Waals surface area contributed by atoms with Crippen molar-refractivity contribution < 1.29 is 16.7 Å². The van der Waals surface area contributed by atoms with E-state index in [9.17, 15) is 0 Å². The molecule has 0 radical (unpaired) electrons. The molecule has 0 saturated heterocycles. The summed E-state index contributed by atoms with van der Waals surface area (Å²) in [5, 5.41) is 0. The minimum atomic E-state index is -0.437. The van der Waals surface area contributed by atoms with E-state index in [0.717, 1.165) is 0 Å². The van der Waals surface area contributed by atoms with E-state index in [0.29, 0.717) is 0 Å². The van der Waals surface area contributed by atoms with E-state index in [-0.39, 0.29) is 0 Å². The SMILES string of the molecule is CC[CH]=[Zn][c]1ccccc1. The van der Waals surface area contributed by atoms with Gasteiger partial charge in [0.15, 0.2) is 0 Å². The molecule has 0 nitrogen and oxygen atoms in total. The fourth-order valence-electron chi connectivity index (χ4n) is 0.925. The normalized spacial score (nSPS) is 9.70. The molecule has 0 N–H and O–H groups in total. The summed E-state index contributed by atoms with van der Waals surface area (Å²) < 4.78 is 4.07. The Kier molecular flexibility index (Phi) is 3.53. The van der Waals surface area contributed by atoms with Crippen molar-refractivity contribution in [1.82, 2.24) is 0 Å². The van der Waals surface area contributed by atoms with Crippen LogP contribution in [-0.4, -0.2) is 4.61 Å². The van der Waals surface area contributed by atoms with Gasteiger partial charge in [-0.2, -0.15) is 0 Å². The molecule has 0 aromatic heterocycles. The van der Waals surface area contributed by atoms with Gasteiger partial charge in [-0.25, -0.2) is 0 Å². The maximum absolute atomic E-state index is 2.47. The standard InChI is InChI=1S/C6H5.C3H6.Zn/c1-2-4-6-5-3-1;1-3-2;/h1-5H;1H,3H2,2H3;. The molecule has 0 heterocycles. The summed E-state index contributed by atoms with van der Waals surface area (Å²) in [4.78, 5) is 0. The Morgan fingerprint density at radius 1 is 1.30 bits per heavy atom. The molecular weight excluding hydrogens is 173 g/mol. The first kappa shape index (κ1) is 7.82. The molecule has 0 saturated carbocycles. The molecule has 0 aliphatic heterocycles. The molecule has 0 bridgehead atoms. The van der Waals surface area contributed by atoms with Crippen LogP contribution >= 0.6 is 0 Å². The molecule has 1 aromatic carbocycles. The van der Waals surface area contributed by atoms with Crippen molar-refractivity contribution in [2.75, 3.05) is 0 Å².